The van der Waals surface area contributed by atoms with Crippen LogP contribution in [0.1, 0.15) is 19.8 Å². The molecule has 0 bridgehead atoms. The summed E-state index contributed by atoms with van der Waals surface area (Å²) in [4.78, 5) is 3.86. The minimum Gasteiger partial charge on any atom is -0.491 e. The molecule has 0 amide bonds. The fourth-order valence-corrected chi connectivity index (χ4v) is 1.21. The van der Waals surface area contributed by atoms with Crippen LogP contribution in [0, 0.1) is 0 Å². The van der Waals surface area contributed by atoms with Crippen molar-refractivity contribution < 1.29 is 9.47 Å². The Kier molecular flexibility index (Phi) is 6.12. The molecule has 0 radical (unpaired) electrons. The van der Waals surface area contributed by atoms with E-state index in [1.807, 2.05) is 0 Å². The highest BCUT2D eigenvalue weighted by Crippen LogP contribution is 2.13. The summed E-state index contributed by atoms with van der Waals surface area (Å²) in [6, 6.07) is 3.46. The summed E-state index contributed by atoms with van der Waals surface area (Å²) in [5, 5.41) is 0.444. The quantitative estimate of drug-likeness (QED) is 0.532. The van der Waals surface area contributed by atoms with E-state index in [1.54, 1.807) is 18.3 Å². The number of hydrogen-bond acceptors (Lipinski definition) is 3. The summed E-state index contributed by atoms with van der Waals surface area (Å²) in [6.45, 7) is 4.10. The Morgan fingerprint density at radius 3 is 2.93 bits per heavy atom. The molecule has 1 aromatic heterocycles. The Bertz CT molecular complexity index is 281. The fourth-order valence-electron chi connectivity index (χ4n) is 1.04. The molecule has 3 nitrogen and oxygen atoms in total. The van der Waals surface area contributed by atoms with Crippen LogP contribution in [0.3, 0.4) is 0 Å². The van der Waals surface area contributed by atoms with Crippen LogP contribution in [-0.4, -0.2) is 24.8 Å². The molecular formula is C11H16ClNO2. The second kappa shape index (κ2) is 7.49. The lowest BCUT2D eigenvalue weighted by Gasteiger charge is -2.06. The molecule has 0 aliphatic heterocycles. The van der Waals surface area contributed by atoms with Crippen LogP contribution >= 0.6 is 11.6 Å². The number of aromatic nitrogens is 1. The lowest BCUT2D eigenvalue weighted by Crippen LogP contribution is -2.07. The van der Waals surface area contributed by atoms with Crippen LogP contribution in [-0.2, 0) is 4.74 Å². The van der Waals surface area contributed by atoms with E-state index in [1.165, 1.54) is 0 Å². The predicted molar refractivity (Wildman–Crippen MR) is 60.5 cm³/mol. The van der Waals surface area contributed by atoms with E-state index < -0.39 is 0 Å². The van der Waals surface area contributed by atoms with Crippen molar-refractivity contribution in [1.82, 2.24) is 4.98 Å². The standard InChI is InChI=1S/C11H16ClNO2/c1-2-3-6-14-7-8-15-10-4-5-13-11(12)9-10/h4-5,9H,2-3,6-8H2,1H3. The highest BCUT2D eigenvalue weighted by atomic mass is 35.5. The zero-order valence-electron chi connectivity index (χ0n) is 8.91. The molecule has 0 fully saturated rings. The van der Waals surface area contributed by atoms with Gasteiger partial charge in [-0.15, -0.1) is 0 Å². The molecule has 0 aliphatic carbocycles. The Morgan fingerprint density at radius 1 is 1.33 bits per heavy atom. The zero-order valence-corrected chi connectivity index (χ0v) is 9.67. The first-order chi connectivity index (χ1) is 7.33. The molecule has 0 atom stereocenters. The van der Waals surface area contributed by atoms with Gasteiger partial charge >= 0.3 is 0 Å². The summed E-state index contributed by atoms with van der Waals surface area (Å²) in [7, 11) is 0. The minimum atomic E-state index is 0.444. The van der Waals surface area contributed by atoms with Crippen LogP contribution in [0.5, 0.6) is 5.75 Å². The van der Waals surface area contributed by atoms with E-state index in [2.05, 4.69) is 11.9 Å². The number of rotatable bonds is 7. The highest BCUT2D eigenvalue weighted by molar-refractivity contribution is 6.29. The smallest absolute Gasteiger partial charge is 0.132 e. The van der Waals surface area contributed by atoms with Crippen LogP contribution in [0.4, 0.5) is 0 Å². The first-order valence-electron chi connectivity index (χ1n) is 5.15. The molecule has 0 aromatic carbocycles. The maximum absolute atomic E-state index is 5.70. The molecule has 0 saturated carbocycles. The maximum Gasteiger partial charge on any atom is 0.132 e. The van der Waals surface area contributed by atoms with Crippen molar-refractivity contribution in [2.75, 3.05) is 19.8 Å². The molecule has 1 aromatic rings. The molecule has 0 aliphatic rings. The minimum absolute atomic E-state index is 0.444. The fraction of sp³-hybridized carbons (Fsp3) is 0.545. The van der Waals surface area contributed by atoms with E-state index in [4.69, 9.17) is 21.1 Å². The SMILES string of the molecule is CCCCOCCOc1ccnc(Cl)c1. The van der Waals surface area contributed by atoms with E-state index in [0.717, 1.165) is 25.2 Å². The van der Waals surface area contributed by atoms with E-state index in [-0.39, 0.29) is 0 Å². The molecule has 0 N–H and O–H groups in total. The number of hydrogen-bond donors (Lipinski definition) is 0. The van der Waals surface area contributed by atoms with Gasteiger partial charge in [0.05, 0.1) is 6.61 Å². The first-order valence-corrected chi connectivity index (χ1v) is 5.53. The van der Waals surface area contributed by atoms with Crippen molar-refractivity contribution >= 4 is 11.6 Å². The molecule has 4 heteroatoms. The van der Waals surface area contributed by atoms with Crippen molar-refractivity contribution in [1.29, 1.82) is 0 Å². The third-order valence-electron chi connectivity index (χ3n) is 1.84. The maximum atomic E-state index is 5.70. The number of nitrogens with zero attached hydrogens (tertiary/aromatic N) is 1. The second-order valence-corrected chi connectivity index (χ2v) is 3.52. The van der Waals surface area contributed by atoms with Crippen LogP contribution in [0.2, 0.25) is 5.15 Å². The molecule has 15 heavy (non-hydrogen) atoms. The Morgan fingerprint density at radius 2 is 2.20 bits per heavy atom. The number of ether oxygens (including phenoxy) is 2. The van der Waals surface area contributed by atoms with Crippen LogP contribution in [0.25, 0.3) is 0 Å². The molecule has 84 valence electrons. The van der Waals surface area contributed by atoms with Crippen molar-refractivity contribution in [3.8, 4) is 5.75 Å². The van der Waals surface area contributed by atoms with Crippen molar-refractivity contribution in [3.63, 3.8) is 0 Å². The second-order valence-electron chi connectivity index (χ2n) is 3.13. The van der Waals surface area contributed by atoms with Gasteiger partial charge < -0.3 is 9.47 Å². The normalized spacial score (nSPS) is 10.3. The van der Waals surface area contributed by atoms with Gasteiger partial charge in [0.25, 0.3) is 0 Å². The van der Waals surface area contributed by atoms with E-state index in [0.29, 0.717) is 18.4 Å². The van der Waals surface area contributed by atoms with Gasteiger partial charge in [-0.3, -0.25) is 0 Å². The highest BCUT2D eigenvalue weighted by Gasteiger charge is 1.95. The van der Waals surface area contributed by atoms with Crippen molar-refractivity contribution in [3.05, 3.63) is 23.5 Å². The van der Waals surface area contributed by atoms with Gasteiger partial charge in [0, 0.05) is 18.9 Å². The zero-order chi connectivity index (χ0) is 10.9. The predicted octanol–water partition coefficient (Wildman–Crippen LogP) is 2.93. The van der Waals surface area contributed by atoms with E-state index >= 15 is 0 Å². The number of pyridine rings is 1. The van der Waals surface area contributed by atoms with Gasteiger partial charge in [0.2, 0.25) is 0 Å². The first kappa shape index (κ1) is 12.3. The van der Waals surface area contributed by atoms with Crippen LogP contribution < -0.4 is 4.74 Å². The lowest BCUT2D eigenvalue weighted by molar-refractivity contribution is 0.0980. The molecule has 1 heterocycles. The molecule has 1 rings (SSSR count). The van der Waals surface area contributed by atoms with Gasteiger partial charge in [0.15, 0.2) is 0 Å². The third-order valence-corrected chi connectivity index (χ3v) is 2.04. The van der Waals surface area contributed by atoms with Gasteiger partial charge in [-0.1, -0.05) is 24.9 Å². The van der Waals surface area contributed by atoms with E-state index in [9.17, 15) is 0 Å². The Balaban J connectivity index is 2.10. The molecule has 0 spiro atoms. The molecule has 0 saturated heterocycles. The summed E-state index contributed by atoms with van der Waals surface area (Å²) >= 11 is 5.70. The largest absolute Gasteiger partial charge is 0.491 e. The average Bonchev–Trinajstić information content (AvgIpc) is 2.23. The van der Waals surface area contributed by atoms with Crippen LogP contribution in [0.15, 0.2) is 18.3 Å². The van der Waals surface area contributed by atoms with Gasteiger partial charge in [-0.25, -0.2) is 4.98 Å². The molecular weight excluding hydrogens is 214 g/mol. The van der Waals surface area contributed by atoms with Crippen molar-refractivity contribution in [2.24, 2.45) is 0 Å². The van der Waals surface area contributed by atoms with Gasteiger partial charge in [-0.05, 0) is 12.5 Å². The summed E-state index contributed by atoms with van der Waals surface area (Å²) in [5.41, 5.74) is 0. The monoisotopic (exact) mass is 229 g/mol. The number of unbranched alkanes of at least 4 members (excludes halogenated alkanes) is 1. The lowest BCUT2D eigenvalue weighted by atomic mass is 10.4. The third kappa shape index (κ3) is 5.60. The topological polar surface area (TPSA) is 31.4 Å². The molecule has 0 unspecified atom stereocenters. The summed E-state index contributed by atoms with van der Waals surface area (Å²) < 4.78 is 10.8. The Hall–Kier alpha value is -0.800. The van der Waals surface area contributed by atoms with Crippen molar-refractivity contribution in [2.45, 2.75) is 19.8 Å². The Labute approximate surface area is 95.4 Å². The average molecular weight is 230 g/mol. The summed E-state index contributed by atoms with van der Waals surface area (Å²) in [6.07, 6.45) is 3.87. The van der Waals surface area contributed by atoms with Gasteiger partial charge in [-0.2, -0.15) is 0 Å². The number of halogens is 1. The van der Waals surface area contributed by atoms with Gasteiger partial charge in [0.1, 0.15) is 17.5 Å². The summed E-state index contributed by atoms with van der Waals surface area (Å²) in [5.74, 6) is 0.731.